The lowest BCUT2D eigenvalue weighted by atomic mass is 10.2. The van der Waals surface area contributed by atoms with Gasteiger partial charge >= 0.3 is 5.97 Å². The number of carboxylic acids is 1. The lowest BCUT2D eigenvalue weighted by Crippen LogP contribution is -2.12. The molecule has 1 atom stereocenters. The highest BCUT2D eigenvalue weighted by molar-refractivity contribution is 6.33. The maximum Gasteiger partial charge on any atom is 0.305 e. The predicted octanol–water partition coefficient (Wildman–Crippen LogP) is 1.96. The van der Waals surface area contributed by atoms with E-state index in [1.54, 1.807) is 12.1 Å². The zero-order valence-corrected chi connectivity index (χ0v) is 9.15. The van der Waals surface area contributed by atoms with Crippen LogP contribution in [0, 0.1) is 0 Å². The van der Waals surface area contributed by atoms with Crippen LogP contribution < -0.4 is 0 Å². The molecule has 0 amide bonds. The van der Waals surface area contributed by atoms with Crippen molar-refractivity contribution in [3.63, 3.8) is 0 Å². The molecule has 84 valence electrons. The molecule has 1 aliphatic heterocycles. The number of halogens is 1. The number of aliphatic imine (C=N–C) groups is 1. The summed E-state index contributed by atoms with van der Waals surface area (Å²) < 4.78 is 5.34. The highest BCUT2D eigenvalue weighted by Gasteiger charge is 2.23. The Morgan fingerprint density at radius 3 is 3.00 bits per heavy atom. The van der Waals surface area contributed by atoms with Crippen molar-refractivity contribution in [2.45, 2.75) is 12.5 Å². The van der Waals surface area contributed by atoms with E-state index in [0.29, 0.717) is 23.1 Å². The third-order valence-electron chi connectivity index (χ3n) is 2.23. The Hall–Kier alpha value is -1.55. The zero-order valence-electron chi connectivity index (χ0n) is 8.39. The maximum absolute atomic E-state index is 10.5. The molecule has 0 aromatic heterocycles. The number of ether oxygens (including phenoxy) is 1. The van der Waals surface area contributed by atoms with E-state index in [0.717, 1.165) is 0 Å². The molecule has 0 fully saturated rings. The summed E-state index contributed by atoms with van der Waals surface area (Å²) in [5.74, 6) is -0.449. The fourth-order valence-corrected chi connectivity index (χ4v) is 1.72. The van der Waals surface area contributed by atoms with Crippen LogP contribution in [-0.2, 0) is 9.53 Å². The van der Waals surface area contributed by atoms with E-state index >= 15 is 0 Å². The number of hydrogen-bond acceptors (Lipinski definition) is 3. The Morgan fingerprint density at radius 1 is 1.56 bits per heavy atom. The summed E-state index contributed by atoms with van der Waals surface area (Å²) in [4.78, 5) is 14.7. The molecule has 0 radical (unpaired) electrons. The normalized spacial score (nSPS) is 19.1. The summed E-state index contributed by atoms with van der Waals surface area (Å²) >= 11 is 5.98. The zero-order chi connectivity index (χ0) is 11.5. The molecule has 0 bridgehead atoms. The summed E-state index contributed by atoms with van der Waals surface area (Å²) in [6, 6.07) is 6.87. The van der Waals surface area contributed by atoms with Gasteiger partial charge < -0.3 is 9.84 Å². The molecular weight excluding hydrogens is 230 g/mol. The Balaban J connectivity index is 2.18. The minimum absolute atomic E-state index is 0.0199. The molecule has 0 aliphatic carbocycles. The molecule has 1 aromatic carbocycles. The van der Waals surface area contributed by atoms with E-state index in [1.807, 2.05) is 12.1 Å². The number of nitrogens with zero attached hydrogens (tertiary/aromatic N) is 1. The van der Waals surface area contributed by atoms with Gasteiger partial charge in [0.25, 0.3) is 0 Å². The van der Waals surface area contributed by atoms with E-state index in [-0.39, 0.29) is 12.5 Å². The molecule has 1 aromatic rings. The Morgan fingerprint density at radius 2 is 2.31 bits per heavy atom. The van der Waals surface area contributed by atoms with Crippen LogP contribution in [0.3, 0.4) is 0 Å². The summed E-state index contributed by atoms with van der Waals surface area (Å²) in [6.07, 6.45) is -0.0199. The number of benzene rings is 1. The van der Waals surface area contributed by atoms with Crippen LogP contribution in [0.1, 0.15) is 12.0 Å². The van der Waals surface area contributed by atoms with Crippen molar-refractivity contribution in [1.29, 1.82) is 0 Å². The third kappa shape index (κ3) is 2.33. The summed E-state index contributed by atoms with van der Waals surface area (Å²) in [5, 5.41) is 9.19. The van der Waals surface area contributed by atoms with E-state index in [1.165, 1.54) is 0 Å². The number of aliphatic carboxylic acids is 1. The second-order valence-corrected chi connectivity index (χ2v) is 3.88. The van der Waals surface area contributed by atoms with Gasteiger partial charge in [-0.3, -0.25) is 4.79 Å². The van der Waals surface area contributed by atoms with Crippen LogP contribution in [0.25, 0.3) is 0 Å². The standard InChI is InChI=1S/C11H10ClNO3/c12-9-4-2-1-3-8(9)11-13-7(6-16-11)5-10(14)15/h1-4,7H,5-6H2,(H,14,15). The molecule has 1 aliphatic rings. The minimum atomic E-state index is -0.877. The minimum Gasteiger partial charge on any atom is -0.481 e. The largest absolute Gasteiger partial charge is 0.481 e. The van der Waals surface area contributed by atoms with Crippen LogP contribution >= 0.6 is 11.6 Å². The van der Waals surface area contributed by atoms with Gasteiger partial charge in [-0.25, -0.2) is 4.99 Å². The number of carbonyl (C=O) groups is 1. The molecule has 0 saturated heterocycles. The van der Waals surface area contributed by atoms with Gasteiger partial charge in [-0.2, -0.15) is 0 Å². The van der Waals surface area contributed by atoms with Gasteiger partial charge in [0.1, 0.15) is 6.61 Å². The van der Waals surface area contributed by atoms with Gasteiger partial charge in [0.05, 0.1) is 23.0 Å². The molecule has 2 rings (SSSR count). The lowest BCUT2D eigenvalue weighted by molar-refractivity contribution is -0.137. The fraction of sp³-hybridized carbons (Fsp3) is 0.273. The summed E-state index contributed by atoms with van der Waals surface area (Å²) in [5.41, 5.74) is 0.706. The van der Waals surface area contributed by atoms with Gasteiger partial charge in [-0.15, -0.1) is 0 Å². The quantitative estimate of drug-likeness (QED) is 0.877. The number of hydrogen-bond donors (Lipinski definition) is 1. The molecule has 0 spiro atoms. The predicted molar refractivity (Wildman–Crippen MR) is 60.0 cm³/mol. The Kier molecular flexibility index (Phi) is 3.10. The smallest absolute Gasteiger partial charge is 0.305 e. The van der Waals surface area contributed by atoms with Crippen molar-refractivity contribution < 1.29 is 14.6 Å². The van der Waals surface area contributed by atoms with Crippen molar-refractivity contribution >= 4 is 23.5 Å². The second kappa shape index (κ2) is 4.53. The molecular formula is C11H10ClNO3. The first-order valence-corrected chi connectivity index (χ1v) is 5.22. The van der Waals surface area contributed by atoms with Crippen LogP contribution in [0.15, 0.2) is 29.3 Å². The fourth-order valence-electron chi connectivity index (χ4n) is 1.50. The number of carboxylic acid groups (broad SMARTS) is 1. The molecule has 0 saturated carbocycles. The van der Waals surface area contributed by atoms with Crippen molar-refractivity contribution in [2.24, 2.45) is 4.99 Å². The molecule has 16 heavy (non-hydrogen) atoms. The van der Waals surface area contributed by atoms with Crippen molar-refractivity contribution in [3.8, 4) is 0 Å². The first kappa shape index (κ1) is 11.0. The molecule has 1 unspecified atom stereocenters. The van der Waals surface area contributed by atoms with E-state index in [9.17, 15) is 4.79 Å². The van der Waals surface area contributed by atoms with E-state index in [2.05, 4.69) is 4.99 Å². The van der Waals surface area contributed by atoms with Gasteiger partial charge in [0, 0.05) is 0 Å². The lowest BCUT2D eigenvalue weighted by Gasteiger charge is -2.02. The highest BCUT2D eigenvalue weighted by atomic mass is 35.5. The van der Waals surface area contributed by atoms with Gasteiger partial charge in [-0.05, 0) is 12.1 Å². The first-order valence-electron chi connectivity index (χ1n) is 4.84. The van der Waals surface area contributed by atoms with Gasteiger partial charge in [0.15, 0.2) is 0 Å². The second-order valence-electron chi connectivity index (χ2n) is 3.48. The van der Waals surface area contributed by atoms with Crippen molar-refractivity contribution in [1.82, 2.24) is 0 Å². The first-order chi connectivity index (χ1) is 7.66. The van der Waals surface area contributed by atoms with Gasteiger partial charge in [0.2, 0.25) is 5.90 Å². The van der Waals surface area contributed by atoms with E-state index in [4.69, 9.17) is 21.4 Å². The van der Waals surface area contributed by atoms with Crippen LogP contribution in [0.5, 0.6) is 0 Å². The van der Waals surface area contributed by atoms with Crippen LogP contribution in [0.2, 0.25) is 5.02 Å². The Labute approximate surface area is 97.5 Å². The molecule has 1 N–H and O–H groups in total. The summed E-state index contributed by atoms with van der Waals surface area (Å²) in [6.45, 7) is 0.298. The van der Waals surface area contributed by atoms with E-state index < -0.39 is 5.97 Å². The maximum atomic E-state index is 10.5. The topological polar surface area (TPSA) is 58.9 Å². The average Bonchev–Trinajstić information content (AvgIpc) is 2.66. The third-order valence-corrected chi connectivity index (χ3v) is 2.56. The molecule has 1 heterocycles. The Bertz CT molecular complexity index is 445. The highest BCUT2D eigenvalue weighted by Crippen LogP contribution is 2.20. The van der Waals surface area contributed by atoms with Crippen molar-refractivity contribution in [3.05, 3.63) is 34.9 Å². The van der Waals surface area contributed by atoms with Gasteiger partial charge in [-0.1, -0.05) is 23.7 Å². The number of rotatable bonds is 3. The van der Waals surface area contributed by atoms with Crippen LogP contribution in [0.4, 0.5) is 0 Å². The summed E-state index contributed by atoms with van der Waals surface area (Å²) in [7, 11) is 0. The monoisotopic (exact) mass is 239 g/mol. The SMILES string of the molecule is O=C(O)CC1COC(c2ccccc2Cl)=N1. The average molecular weight is 240 g/mol. The molecule has 5 heteroatoms. The van der Waals surface area contributed by atoms with Crippen molar-refractivity contribution in [2.75, 3.05) is 6.61 Å². The molecule has 4 nitrogen and oxygen atoms in total. The van der Waals surface area contributed by atoms with Crippen LogP contribution in [-0.4, -0.2) is 29.6 Å².